The van der Waals surface area contributed by atoms with E-state index in [-0.39, 0.29) is 40.5 Å². The molecule has 2 atom stereocenters. The number of nitrogens with zero attached hydrogens (tertiary/aromatic N) is 3. The number of ketones is 1. The Kier molecular flexibility index (Phi) is 7.03. The number of hydrogen-bond acceptors (Lipinski definition) is 8. The van der Waals surface area contributed by atoms with Gasteiger partial charge in [0.25, 0.3) is 5.69 Å². The number of anilines is 1. The minimum absolute atomic E-state index is 0.144. The Labute approximate surface area is 240 Å². The zero-order valence-electron chi connectivity index (χ0n) is 22.4. The molecule has 0 bridgehead atoms. The molecule has 210 valence electrons. The molecule has 1 saturated carbocycles. The van der Waals surface area contributed by atoms with E-state index in [0.29, 0.717) is 27.8 Å². The van der Waals surface area contributed by atoms with E-state index in [9.17, 15) is 29.3 Å². The summed E-state index contributed by atoms with van der Waals surface area (Å²) < 4.78 is 5.35. The van der Waals surface area contributed by atoms with Crippen LogP contribution in [0.5, 0.6) is 0 Å². The number of pyridine rings is 1. The molecule has 42 heavy (non-hydrogen) atoms. The third-order valence-corrected chi connectivity index (χ3v) is 7.93. The Morgan fingerprint density at radius 1 is 0.905 bits per heavy atom. The molecule has 1 aliphatic carbocycles. The standard InChI is InChI=1S/C32H25N3O7/c36-29(20-11-15-22(16-12-20)35(40)41)18-42-32(39)26-17-28(33-27-8-4-3-5-23(26)27)19-9-13-21(14-10-19)34-30(37)24-6-1-2-7-25(24)31(34)38/h3-5,8-17,24-25H,1-2,6-7,18H2. The SMILES string of the molecule is O=C(COC(=O)c1cc(-c2ccc(N3C(=O)C4CCCCC4C3=O)cc2)nc2ccccc12)c1ccc([N+](=O)[O-])cc1. The predicted molar refractivity (Wildman–Crippen MR) is 153 cm³/mol. The number of nitro benzene ring substituents is 1. The number of aromatic nitrogens is 1. The lowest BCUT2D eigenvalue weighted by atomic mass is 9.81. The summed E-state index contributed by atoms with van der Waals surface area (Å²) in [7, 11) is 0. The van der Waals surface area contributed by atoms with Gasteiger partial charge in [-0.15, -0.1) is 0 Å². The van der Waals surface area contributed by atoms with E-state index >= 15 is 0 Å². The normalized spacial score (nSPS) is 18.1. The van der Waals surface area contributed by atoms with Crippen LogP contribution in [0, 0.1) is 22.0 Å². The zero-order valence-corrected chi connectivity index (χ0v) is 22.4. The first-order valence-corrected chi connectivity index (χ1v) is 13.6. The van der Waals surface area contributed by atoms with E-state index in [1.54, 1.807) is 54.6 Å². The van der Waals surface area contributed by atoms with Gasteiger partial charge in [0.05, 0.1) is 39.2 Å². The number of imide groups is 1. The first-order valence-electron chi connectivity index (χ1n) is 13.6. The van der Waals surface area contributed by atoms with E-state index < -0.39 is 23.3 Å². The second-order valence-corrected chi connectivity index (χ2v) is 10.4. The lowest BCUT2D eigenvalue weighted by Crippen LogP contribution is -2.30. The van der Waals surface area contributed by atoms with E-state index in [4.69, 9.17) is 9.72 Å². The fourth-order valence-corrected chi connectivity index (χ4v) is 5.75. The maximum Gasteiger partial charge on any atom is 0.339 e. The van der Waals surface area contributed by atoms with Crippen LogP contribution in [0.2, 0.25) is 0 Å². The first-order chi connectivity index (χ1) is 20.3. The van der Waals surface area contributed by atoms with E-state index in [2.05, 4.69) is 0 Å². The molecule has 2 amide bonds. The molecular weight excluding hydrogens is 538 g/mol. The molecule has 6 rings (SSSR count). The molecule has 0 N–H and O–H groups in total. The van der Waals surface area contributed by atoms with Crippen molar-refractivity contribution in [2.75, 3.05) is 11.5 Å². The Morgan fingerprint density at radius 2 is 1.55 bits per heavy atom. The summed E-state index contributed by atoms with van der Waals surface area (Å²) in [5, 5.41) is 11.4. The number of hydrogen-bond donors (Lipinski definition) is 0. The van der Waals surface area contributed by atoms with Crippen molar-refractivity contribution >= 4 is 45.8 Å². The van der Waals surface area contributed by atoms with Gasteiger partial charge < -0.3 is 4.74 Å². The zero-order chi connectivity index (χ0) is 29.4. The highest BCUT2D eigenvalue weighted by Gasteiger charge is 2.48. The van der Waals surface area contributed by atoms with Gasteiger partial charge in [0, 0.05) is 28.6 Å². The summed E-state index contributed by atoms with van der Waals surface area (Å²) in [5.74, 6) is -2.00. The van der Waals surface area contributed by atoms with Crippen molar-refractivity contribution in [3.8, 4) is 11.3 Å². The summed E-state index contributed by atoms with van der Waals surface area (Å²) in [5.41, 5.74) is 2.44. The number of esters is 1. The van der Waals surface area contributed by atoms with Crippen LogP contribution in [-0.2, 0) is 14.3 Å². The van der Waals surface area contributed by atoms with Crippen LogP contribution in [0.4, 0.5) is 11.4 Å². The summed E-state index contributed by atoms with van der Waals surface area (Å²) in [6.07, 6.45) is 3.39. The molecule has 10 heteroatoms. The van der Waals surface area contributed by atoms with Crippen molar-refractivity contribution in [1.29, 1.82) is 0 Å². The van der Waals surface area contributed by atoms with E-state index in [1.165, 1.54) is 29.2 Å². The van der Waals surface area contributed by atoms with Crippen molar-refractivity contribution < 1.29 is 28.8 Å². The average Bonchev–Trinajstić information content (AvgIpc) is 3.28. The number of rotatable bonds is 7. The number of ether oxygens (including phenoxy) is 1. The van der Waals surface area contributed by atoms with Crippen molar-refractivity contribution in [3.63, 3.8) is 0 Å². The smallest absolute Gasteiger partial charge is 0.339 e. The molecular formula is C32H25N3O7. The lowest BCUT2D eigenvalue weighted by molar-refractivity contribution is -0.384. The quantitative estimate of drug-likeness (QED) is 0.0941. The molecule has 10 nitrogen and oxygen atoms in total. The van der Waals surface area contributed by atoms with Crippen LogP contribution in [0.15, 0.2) is 78.9 Å². The molecule has 2 heterocycles. The Balaban J connectivity index is 1.24. The van der Waals surface area contributed by atoms with E-state index in [0.717, 1.165) is 25.7 Å². The monoisotopic (exact) mass is 563 g/mol. The number of carbonyl (C=O) groups excluding carboxylic acids is 4. The third-order valence-electron chi connectivity index (χ3n) is 7.93. The topological polar surface area (TPSA) is 137 Å². The highest BCUT2D eigenvalue weighted by molar-refractivity contribution is 6.22. The van der Waals surface area contributed by atoms with Crippen LogP contribution in [0.1, 0.15) is 46.4 Å². The number of benzene rings is 3. The van der Waals surface area contributed by atoms with Crippen molar-refractivity contribution in [1.82, 2.24) is 4.98 Å². The fraction of sp³-hybridized carbons (Fsp3) is 0.219. The number of para-hydroxylation sites is 1. The molecule has 0 spiro atoms. The number of non-ortho nitro benzene ring substituents is 1. The van der Waals surface area contributed by atoms with Gasteiger partial charge in [-0.1, -0.05) is 43.2 Å². The number of carbonyl (C=O) groups is 4. The molecule has 1 saturated heterocycles. The van der Waals surface area contributed by atoms with Crippen LogP contribution >= 0.6 is 0 Å². The second kappa shape index (κ2) is 11.0. The highest BCUT2D eigenvalue weighted by Crippen LogP contribution is 2.40. The fourth-order valence-electron chi connectivity index (χ4n) is 5.75. The summed E-state index contributed by atoms with van der Waals surface area (Å²) in [6, 6.07) is 20.6. The van der Waals surface area contributed by atoms with Gasteiger partial charge in [0.1, 0.15) is 0 Å². The van der Waals surface area contributed by atoms with Gasteiger partial charge in [-0.25, -0.2) is 9.78 Å². The second-order valence-electron chi connectivity index (χ2n) is 10.4. The average molecular weight is 564 g/mol. The minimum Gasteiger partial charge on any atom is -0.454 e. The summed E-state index contributed by atoms with van der Waals surface area (Å²) in [6.45, 7) is -0.544. The molecule has 3 aromatic carbocycles. The van der Waals surface area contributed by atoms with Gasteiger partial charge in [-0.3, -0.25) is 29.4 Å². The Bertz CT molecular complexity index is 1720. The maximum absolute atomic E-state index is 13.2. The van der Waals surface area contributed by atoms with E-state index in [1.807, 2.05) is 0 Å². The molecule has 4 aromatic rings. The minimum atomic E-state index is -0.724. The lowest BCUT2D eigenvalue weighted by Gasteiger charge is -2.19. The molecule has 2 aliphatic rings. The van der Waals surface area contributed by atoms with Gasteiger partial charge in [-0.2, -0.15) is 0 Å². The predicted octanol–water partition coefficient (Wildman–Crippen LogP) is 5.53. The Hall–Kier alpha value is -5.25. The van der Waals surface area contributed by atoms with Crippen LogP contribution in [0.25, 0.3) is 22.2 Å². The third kappa shape index (κ3) is 4.91. The highest BCUT2D eigenvalue weighted by atomic mass is 16.6. The van der Waals surface area contributed by atoms with Crippen LogP contribution in [0.3, 0.4) is 0 Å². The van der Waals surface area contributed by atoms with Crippen LogP contribution in [-0.4, -0.2) is 40.1 Å². The first kappa shape index (κ1) is 26.9. The van der Waals surface area contributed by atoms with Crippen molar-refractivity contribution in [2.24, 2.45) is 11.8 Å². The van der Waals surface area contributed by atoms with Crippen molar-refractivity contribution in [3.05, 3.63) is 100 Å². The largest absolute Gasteiger partial charge is 0.454 e. The summed E-state index contributed by atoms with van der Waals surface area (Å²) in [4.78, 5) is 68.0. The number of fused-ring (bicyclic) bond motifs is 2. The number of Topliss-reactive ketones (excluding diaryl/α,β-unsaturated/α-hetero) is 1. The molecule has 1 aromatic heterocycles. The molecule has 2 unspecified atom stereocenters. The number of nitro groups is 1. The molecule has 0 radical (unpaired) electrons. The summed E-state index contributed by atoms with van der Waals surface area (Å²) >= 11 is 0. The van der Waals surface area contributed by atoms with Gasteiger partial charge in [-0.05, 0) is 49.2 Å². The van der Waals surface area contributed by atoms with Gasteiger partial charge in [0.15, 0.2) is 12.4 Å². The maximum atomic E-state index is 13.2. The Morgan fingerprint density at radius 3 is 2.19 bits per heavy atom. The number of amides is 2. The molecule has 2 fully saturated rings. The molecule has 1 aliphatic heterocycles. The van der Waals surface area contributed by atoms with Gasteiger partial charge >= 0.3 is 5.97 Å². The van der Waals surface area contributed by atoms with Gasteiger partial charge in [0.2, 0.25) is 11.8 Å². The van der Waals surface area contributed by atoms with Crippen LogP contribution < -0.4 is 4.90 Å². The van der Waals surface area contributed by atoms with Crippen molar-refractivity contribution in [2.45, 2.75) is 25.7 Å².